The van der Waals surface area contributed by atoms with Gasteiger partial charge in [0.15, 0.2) is 11.5 Å². The van der Waals surface area contributed by atoms with E-state index in [1.54, 1.807) is 37.5 Å². The monoisotopic (exact) mass is 692 g/mol. The summed E-state index contributed by atoms with van der Waals surface area (Å²) < 4.78 is 13.1. The van der Waals surface area contributed by atoms with E-state index in [4.69, 9.17) is 9.47 Å². The molecule has 0 radical (unpaired) electrons. The Morgan fingerprint density at radius 1 is 1.14 bits per heavy atom. The molecule has 1 aliphatic rings. The maximum absolute atomic E-state index is 12.9. The number of thioether (sulfide) groups is 1. The normalized spacial score (nSPS) is 14.3. The first-order valence-electron chi connectivity index (χ1n) is 11.1. The smallest absolute Gasteiger partial charge is 0.294 e. The molecule has 7 nitrogen and oxygen atoms in total. The van der Waals surface area contributed by atoms with Crippen LogP contribution in [0.4, 0.5) is 10.5 Å². The summed E-state index contributed by atoms with van der Waals surface area (Å²) >= 11 is 6.31. The van der Waals surface area contributed by atoms with Gasteiger partial charge >= 0.3 is 0 Å². The molecule has 0 atom stereocenters. The largest absolute Gasteiger partial charge is 0.493 e. The van der Waals surface area contributed by atoms with E-state index in [1.807, 2.05) is 43.3 Å². The molecule has 37 heavy (non-hydrogen) atoms. The molecule has 3 amide bonds. The van der Waals surface area contributed by atoms with Crippen molar-refractivity contribution >= 4 is 79.1 Å². The van der Waals surface area contributed by atoms with Gasteiger partial charge in [-0.1, -0.05) is 42.0 Å². The topological polar surface area (TPSA) is 84.9 Å². The third kappa shape index (κ3) is 6.74. The quantitative estimate of drug-likeness (QED) is 0.211. The van der Waals surface area contributed by atoms with E-state index in [0.29, 0.717) is 33.8 Å². The van der Waals surface area contributed by atoms with Crippen LogP contribution in [0, 0.1) is 10.5 Å². The Hall–Kier alpha value is -2.83. The Morgan fingerprint density at radius 2 is 1.86 bits per heavy atom. The molecule has 3 aromatic rings. The predicted octanol–water partition coefficient (Wildman–Crippen LogP) is 6.62. The number of ether oxygens (including phenoxy) is 2. The van der Waals surface area contributed by atoms with Crippen LogP contribution >= 0.6 is 50.3 Å². The first-order chi connectivity index (χ1) is 17.7. The lowest BCUT2D eigenvalue weighted by Crippen LogP contribution is -2.36. The fourth-order valence-electron chi connectivity index (χ4n) is 3.49. The fourth-order valence-corrected chi connectivity index (χ4v) is 5.49. The zero-order chi connectivity index (χ0) is 26.5. The number of benzene rings is 3. The average molecular weight is 693 g/mol. The van der Waals surface area contributed by atoms with Crippen molar-refractivity contribution < 1.29 is 23.9 Å². The van der Waals surface area contributed by atoms with Crippen molar-refractivity contribution in [3.05, 3.63) is 90.3 Å². The van der Waals surface area contributed by atoms with E-state index in [0.717, 1.165) is 25.8 Å². The van der Waals surface area contributed by atoms with Crippen LogP contribution < -0.4 is 14.8 Å². The number of aryl methyl sites for hydroxylation is 1. The number of hydrogen-bond acceptors (Lipinski definition) is 6. The molecule has 0 saturated carbocycles. The molecule has 0 aliphatic carbocycles. The number of nitrogens with zero attached hydrogens (tertiary/aromatic N) is 1. The van der Waals surface area contributed by atoms with E-state index in [-0.39, 0.29) is 11.4 Å². The Kier molecular flexibility index (Phi) is 8.93. The van der Waals surface area contributed by atoms with Gasteiger partial charge in [-0.25, -0.2) is 0 Å². The molecule has 0 aromatic heterocycles. The first-order valence-corrected chi connectivity index (χ1v) is 13.8. The molecular formula is C27H22BrIN2O5S. The number of amides is 3. The number of carbonyl (C=O) groups excluding carboxylic acids is 3. The van der Waals surface area contributed by atoms with Crippen LogP contribution in [0.25, 0.3) is 6.08 Å². The molecule has 1 aliphatic heterocycles. The second kappa shape index (κ2) is 12.1. The molecule has 3 aromatic carbocycles. The standard InChI is InChI=1S/C27H22BrIN2O5S/c1-16-7-9-17(10-8-16)15-36-25-20(29)11-18(12-22(25)35-2)13-23-26(33)31(27(34)37-23)14-24(32)30-21-6-4-3-5-19(21)28/h3-13H,14-15H2,1-2H3,(H,30,32)/b23-13-. The van der Waals surface area contributed by atoms with E-state index in [2.05, 4.69) is 43.8 Å². The minimum absolute atomic E-state index is 0.227. The summed E-state index contributed by atoms with van der Waals surface area (Å²) in [6.07, 6.45) is 1.62. The fraction of sp³-hybridized carbons (Fsp3) is 0.148. The van der Waals surface area contributed by atoms with E-state index in [1.165, 1.54) is 5.56 Å². The summed E-state index contributed by atoms with van der Waals surface area (Å²) in [4.78, 5) is 39.1. The Labute approximate surface area is 240 Å². The SMILES string of the molecule is COc1cc(/C=C2\SC(=O)N(CC(=O)Nc3ccccc3Br)C2=O)cc(I)c1OCc1ccc(C)cc1. The predicted molar refractivity (Wildman–Crippen MR) is 157 cm³/mol. The zero-order valence-corrected chi connectivity index (χ0v) is 24.5. The highest BCUT2D eigenvalue weighted by molar-refractivity contribution is 14.1. The molecule has 1 saturated heterocycles. The number of carbonyl (C=O) groups is 3. The second-order valence-electron chi connectivity index (χ2n) is 8.10. The lowest BCUT2D eigenvalue weighted by Gasteiger charge is -2.14. The lowest BCUT2D eigenvalue weighted by atomic mass is 10.1. The van der Waals surface area contributed by atoms with Crippen molar-refractivity contribution in [2.24, 2.45) is 0 Å². The average Bonchev–Trinajstić information content (AvgIpc) is 3.12. The van der Waals surface area contributed by atoms with Crippen LogP contribution in [-0.4, -0.2) is 35.6 Å². The Morgan fingerprint density at radius 3 is 2.57 bits per heavy atom. The maximum atomic E-state index is 12.9. The molecule has 10 heteroatoms. The van der Waals surface area contributed by atoms with Crippen LogP contribution in [0.2, 0.25) is 0 Å². The number of rotatable bonds is 8. The van der Waals surface area contributed by atoms with Crippen molar-refractivity contribution in [2.75, 3.05) is 19.0 Å². The number of imide groups is 1. The molecule has 0 unspecified atom stereocenters. The molecule has 0 spiro atoms. The van der Waals surface area contributed by atoms with E-state index < -0.39 is 17.1 Å². The van der Waals surface area contributed by atoms with Gasteiger partial charge in [-0.2, -0.15) is 0 Å². The summed E-state index contributed by atoms with van der Waals surface area (Å²) in [5.74, 6) is 0.114. The minimum atomic E-state index is -0.522. The van der Waals surface area contributed by atoms with Crippen LogP contribution in [0.1, 0.15) is 16.7 Å². The molecule has 1 heterocycles. The Balaban J connectivity index is 1.47. The highest BCUT2D eigenvalue weighted by atomic mass is 127. The zero-order valence-electron chi connectivity index (χ0n) is 19.9. The third-order valence-corrected chi connectivity index (χ3v) is 7.78. The van der Waals surface area contributed by atoms with Gasteiger partial charge in [0.25, 0.3) is 11.1 Å². The van der Waals surface area contributed by atoms with Gasteiger partial charge in [-0.3, -0.25) is 19.3 Å². The summed E-state index contributed by atoms with van der Waals surface area (Å²) in [6.45, 7) is 2.03. The van der Waals surface area contributed by atoms with Crippen LogP contribution in [0.5, 0.6) is 11.5 Å². The van der Waals surface area contributed by atoms with E-state index >= 15 is 0 Å². The van der Waals surface area contributed by atoms with Crippen molar-refractivity contribution in [1.82, 2.24) is 4.90 Å². The highest BCUT2D eigenvalue weighted by Gasteiger charge is 2.36. The molecule has 190 valence electrons. The molecule has 4 rings (SSSR count). The van der Waals surface area contributed by atoms with Crippen molar-refractivity contribution in [2.45, 2.75) is 13.5 Å². The first kappa shape index (κ1) is 27.2. The van der Waals surface area contributed by atoms with Crippen LogP contribution in [-0.2, 0) is 16.2 Å². The van der Waals surface area contributed by atoms with Crippen LogP contribution in [0.15, 0.2) is 70.0 Å². The minimum Gasteiger partial charge on any atom is -0.493 e. The van der Waals surface area contributed by atoms with Crippen molar-refractivity contribution in [3.8, 4) is 11.5 Å². The van der Waals surface area contributed by atoms with Gasteiger partial charge in [0.1, 0.15) is 13.2 Å². The van der Waals surface area contributed by atoms with Gasteiger partial charge in [-0.15, -0.1) is 0 Å². The van der Waals surface area contributed by atoms with Gasteiger partial charge in [0.05, 0.1) is 21.3 Å². The maximum Gasteiger partial charge on any atom is 0.294 e. The van der Waals surface area contributed by atoms with E-state index in [9.17, 15) is 14.4 Å². The van der Waals surface area contributed by atoms with Crippen LogP contribution in [0.3, 0.4) is 0 Å². The lowest BCUT2D eigenvalue weighted by molar-refractivity contribution is -0.127. The van der Waals surface area contributed by atoms with Gasteiger partial charge in [0.2, 0.25) is 5.91 Å². The molecule has 1 fully saturated rings. The molecule has 0 bridgehead atoms. The number of halogens is 2. The van der Waals surface area contributed by atoms with Gasteiger partial charge < -0.3 is 14.8 Å². The van der Waals surface area contributed by atoms with Crippen molar-refractivity contribution in [3.63, 3.8) is 0 Å². The number of nitrogens with one attached hydrogen (secondary N) is 1. The number of anilines is 1. The summed E-state index contributed by atoms with van der Waals surface area (Å²) in [7, 11) is 1.55. The second-order valence-corrected chi connectivity index (χ2v) is 11.1. The summed E-state index contributed by atoms with van der Waals surface area (Å²) in [5, 5.41) is 2.20. The number of para-hydroxylation sites is 1. The molecular weight excluding hydrogens is 671 g/mol. The third-order valence-electron chi connectivity index (χ3n) is 5.38. The highest BCUT2D eigenvalue weighted by Crippen LogP contribution is 2.37. The van der Waals surface area contributed by atoms with Crippen molar-refractivity contribution in [1.29, 1.82) is 0 Å². The Bertz CT molecular complexity index is 1390. The summed E-state index contributed by atoms with van der Waals surface area (Å²) in [5.41, 5.74) is 3.44. The molecule has 1 N–H and O–H groups in total. The number of hydrogen-bond donors (Lipinski definition) is 1. The van der Waals surface area contributed by atoms with Gasteiger partial charge in [-0.05, 0) is 98.7 Å². The van der Waals surface area contributed by atoms with Gasteiger partial charge in [0, 0.05) is 4.47 Å². The number of methoxy groups -OCH3 is 1. The summed E-state index contributed by atoms with van der Waals surface area (Å²) in [6, 6.07) is 18.8.